The second-order valence-corrected chi connectivity index (χ2v) is 4.28. The van der Waals surface area contributed by atoms with Gasteiger partial charge in [-0.15, -0.1) is 0 Å². The minimum absolute atomic E-state index is 0.125. The summed E-state index contributed by atoms with van der Waals surface area (Å²) in [6.45, 7) is 1.40. The molecule has 5 N–H and O–H groups in total. The molecule has 2 aromatic rings. The Morgan fingerprint density at radius 2 is 1.68 bits per heavy atom. The Bertz CT molecular complexity index is 511. The number of para-hydroxylation sites is 1. The number of benzene rings is 2. The van der Waals surface area contributed by atoms with Crippen LogP contribution in [0.1, 0.15) is 5.56 Å². The molecule has 4 nitrogen and oxygen atoms in total. The van der Waals surface area contributed by atoms with Crippen LogP contribution < -0.4 is 16.4 Å². The van der Waals surface area contributed by atoms with Crippen LogP contribution in [0, 0.1) is 0 Å². The Hall–Kier alpha value is -2.20. The van der Waals surface area contributed by atoms with Gasteiger partial charge in [0.05, 0.1) is 6.61 Å². The summed E-state index contributed by atoms with van der Waals surface area (Å²) in [5, 5.41) is 15.4. The van der Waals surface area contributed by atoms with Crippen LogP contribution in [0.15, 0.2) is 48.5 Å². The van der Waals surface area contributed by atoms with Crippen LogP contribution in [0.2, 0.25) is 0 Å². The Morgan fingerprint density at radius 3 is 2.42 bits per heavy atom. The largest absolute Gasteiger partial charge is 0.399 e. The Morgan fingerprint density at radius 1 is 0.947 bits per heavy atom. The maximum absolute atomic E-state index is 8.86. The lowest BCUT2D eigenvalue weighted by Crippen LogP contribution is -2.09. The first-order valence-electron chi connectivity index (χ1n) is 6.31. The van der Waals surface area contributed by atoms with E-state index in [0.29, 0.717) is 6.54 Å². The lowest BCUT2D eigenvalue weighted by atomic mass is 10.1. The van der Waals surface area contributed by atoms with Crippen LogP contribution in [0.4, 0.5) is 17.1 Å². The average Bonchev–Trinajstić information content (AvgIpc) is 2.45. The third-order valence-electron chi connectivity index (χ3n) is 2.84. The van der Waals surface area contributed by atoms with Crippen LogP contribution in [0.3, 0.4) is 0 Å². The van der Waals surface area contributed by atoms with Gasteiger partial charge in [0.25, 0.3) is 0 Å². The summed E-state index contributed by atoms with van der Waals surface area (Å²) in [6.07, 6.45) is 0. The van der Waals surface area contributed by atoms with Gasteiger partial charge in [0.15, 0.2) is 0 Å². The predicted molar refractivity (Wildman–Crippen MR) is 80.2 cm³/mol. The Balaban J connectivity index is 2.00. The van der Waals surface area contributed by atoms with E-state index in [-0.39, 0.29) is 6.61 Å². The van der Waals surface area contributed by atoms with Crippen molar-refractivity contribution in [3.05, 3.63) is 54.1 Å². The molecule has 0 fully saturated rings. The number of rotatable bonds is 6. The highest BCUT2D eigenvalue weighted by molar-refractivity contribution is 5.55. The topological polar surface area (TPSA) is 70.3 Å². The molecule has 0 amide bonds. The molecular weight excluding hydrogens is 238 g/mol. The fourth-order valence-electron chi connectivity index (χ4n) is 1.84. The maximum Gasteiger partial charge on any atom is 0.0604 e. The zero-order valence-electron chi connectivity index (χ0n) is 10.8. The Labute approximate surface area is 113 Å². The molecule has 0 atom stereocenters. The SMILES string of the molecule is Nc1ccc(NCc2ccccc2NCCO)cc1. The monoisotopic (exact) mass is 257 g/mol. The Kier molecular flexibility index (Phi) is 4.64. The number of nitrogens with one attached hydrogen (secondary N) is 2. The summed E-state index contributed by atoms with van der Waals surface area (Å²) in [4.78, 5) is 0. The summed E-state index contributed by atoms with van der Waals surface area (Å²) in [5.41, 5.74) is 9.65. The number of aliphatic hydroxyl groups excluding tert-OH is 1. The van der Waals surface area contributed by atoms with Gasteiger partial charge < -0.3 is 21.5 Å². The predicted octanol–water partition coefficient (Wildman–Crippen LogP) is 2.29. The van der Waals surface area contributed by atoms with E-state index in [0.717, 1.165) is 29.2 Å². The molecule has 0 unspecified atom stereocenters. The molecule has 0 radical (unpaired) electrons. The second-order valence-electron chi connectivity index (χ2n) is 4.28. The molecule has 0 bridgehead atoms. The van der Waals surface area contributed by atoms with Gasteiger partial charge >= 0.3 is 0 Å². The van der Waals surface area contributed by atoms with Crippen molar-refractivity contribution in [2.75, 3.05) is 29.5 Å². The molecule has 0 aliphatic heterocycles. The van der Waals surface area contributed by atoms with Gasteiger partial charge in [-0.1, -0.05) is 18.2 Å². The third kappa shape index (κ3) is 3.89. The highest BCUT2D eigenvalue weighted by Crippen LogP contribution is 2.17. The zero-order valence-corrected chi connectivity index (χ0v) is 10.8. The summed E-state index contributed by atoms with van der Waals surface area (Å²) >= 11 is 0. The van der Waals surface area contributed by atoms with Gasteiger partial charge in [0.2, 0.25) is 0 Å². The highest BCUT2D eigenvalue weighted by Gasteiger charge is 2.00. The van der Waals surface area contributed by atoms with Crippen LogP contribution in [0.5, 0.6) is 0 Å². The molecule has 2 rings (SSSR count). The van der Waals surface area contributed by atoms with Gasteiger partial charge in [0.1, 0.15) is 0 Å². The minimum atomic E-state index is 0.125. The molecule has 2 aromatic carbocycles. The zero-order chi connectivity index (χ0) is 13.5. The van der Waals surface area contributed by atoms with E-state index in [4.69, 9.17) is 10.8 Å². The maximum atomic E-state index is 8.86. The molecule has 0 heterocycles. The normalized spacial score (nSPS) is 10.2. The van der Waals surface area contributed by atoms with E-state index in [2.05, 4.69) is 16.7 Å². The lowest BCUT2D eigenvalue weighted by molar-refractivity contribution is 0.311. The van der Waals surface area contributed by atoms with Crippen molar-refractivity contribution in [3.8, 4) is 0 Å². The fraction of sp³-hybridized carbons (Fsp3) is 0.200. The van der Waals surface area contributed by atoms with E-state index in [1.54, 1.807) is 0 Å². The number of nitrogens with two attached hydrogens (primary N) is 1. The summed E-state index contributed by atoms with van der Waals surface area (Å²) < 4.78 is 0. The van der Waals surface area contributed by atoms with E-state index >= 15 is 0 Å². The smallest absolute Gasteiger partial charge is 0.0604 e. The van der Waals surface area contributed by atoms with Gasteiger partial charge in [-0.3, -0.25) is 0 Å². The van der Waals surface area contributed by atoms with E-state index in [1.165, 1.54) is 0 Å². The molecule has 19 heavy (non-hydrogen) atoms. The van der Waals surface area contributed by atoms with Crippen molar-refractivity contribution >= 4 is 17.1 Å². The third-order valence-corrected chi connectivity index (χ3v) is 2.84. The van der Waals surface area contributed by atoms with Gasteiger partial charge in [-0.25, -0.2) is 0 Å². The molecular formula is C15H19N3O. The first kappa shape index (κ1) is 13.2. The van der Waals surface area contributed by atoms with Crippen molar-refractivity contribution in [2.24, 2.45) is 0 Å². The van der Waals surface area contributed by atoms with Crippen LogP contribution in [0.25, 0.3) is 0 Å². The summed E-state index contributed by atoms with van der Waals surface area (Å²) in [7, 11) is 0. The highest BCUT2D eigenvalue weighted by atomic mass is 16.3. The van der Waals surface area contributed by atoms with Crippen LogP contribution in [-0.4, -0.2) is 18.3 Å². The lowest BCUT2D eigenvalue weighted by Gasteiger charge is -2.12. The number of aliphatic hydroxyl groups is 1. The number of nitrogen functional groups attached to an aromatic ring is 1. The molecule has 0 aliphatic rings. The van der Waals surface area contributed by atoms with E-state index < -0.39 is 0 Å². The second kappa shape index (κ2) is 6.66. The van der Waals surface area contributed by atoms with Crippen molar-refractivity contribution in [1.82, 2.24) is 0 Å². The van der Waals surface area contributed by atoms with Crippen LogP contribution in [-0.2, 0) is 6.54 Å². The average molecular weight is 257 g/mol. The molecule has 0 aliphatic carbocycles. The number of hydrogen-bond acceptors (Lipinski definition) is 4. The molecule has 100 valence electrons. The van der Waals surface area contributed by atoms with Crippen molar-refractivity contribution in [3.63, 3.8) is 0 Å². The van der Waals surface area contributed by atoms with E-state index in [1.807, 2.05) is 42.5 Å². The molecule has 0 aromatic heterocycles. The molecule has 0 spiro atoms. The first-order chi connectivity index (χ1) is 9.29. The van der Waals surface area contributed by atoms with Gasteiger partial charge in [0, 0.05) is 30.2 Å². The molecule has 0 saturated carbocycles. The van der Waals surface area contributed by atoms with Crippen LogP contribution >= 0.6 is 0 Å². The minimum Gasteiger partial charge on any atom is -0.399 e. The summed E-state index contributed by atoms with van der Waals surface area (Å²) in [6, 6.07) is 15.7. The van der Waals surface area contributed by atoms with Crippen molar-refractivity contribution < 1.29 is 5.11 Å². The van der Waals surface area contributed by atoms with Gasteiger partial charge in [-0.05, 0) is 35.9 Å². The fourth-order valence-corrected chi connectivity index (χ4v) is 1.84. The summed E-state index contributed by atoms with van der Waals surface area (Å²) in [5.74, 6) is 0. The van der Waals surface area contributed by atoms with Gasteiger partial charge in [-0.2, -0.15) is 0 Å². The first-order valence-corrected chi connectivity index (χ1v) is 6.31. The number of anilines is 3. The standard InChI is InChI=1S/C15H19N3O/c16-13-5-7-14(8-6-13)18-11-12-3-1-2-4-15(12)17-9-10-19/h1-8,17-19H,9-11,16H2. The molecule has 0 saturated heterocycles. The van der Waals surface area contributed by atoms with Crippen molar-refractivity contribution in [2.45, 2.75) is 6.54 Å². The quantitative estimate of drug-likeness (QED) is 0.599. The molecule has 4 heteroatoms. The van der Waals surface area contributed by atoms with Crippen molar-refractivity contribution in [1.29, 1.82) is 0 Å². The number of hydrogen-bond donors (Lipinski definition) is 4. The van der Waals surface area contributed by atoms with E-state index in [9.17, 15) is 0 Å².